The Morgan fingerprint density at radius 3 is 2.26 bits per heavy atom. The molecule has 23 heavy (non-hydrogen) atoms. The van der Waals surface area contributed by atoms with Crippen LogP contribution in [0.5, 0.6) is 11.5 Å². The summed E-state index contributed by atoms with van der Waals surface area (Å²) in [6.07, 6.45) is 2.15. The molecule has 0 aliphatic carbocycles. The van der Waals surface area contributed by atoms with Crippen molar-refractivity contribution >= 4 is 11.6 Å². The molecule has 1 aliphatic rings. The maximum atomic E-state index is 5.36. The second-order valence-corrected chi connectivity index (χ2v) is 5.58. The van der Waals surface area contributed by atoms with Crippen LogP contribution in [0.4, 0.5) is 5.69 Å². The fourth-order valence-corrected chi connectivity index (χ4v) is 2.81. The van der Waals surface area contributed by atoms with Crippen molar-refractivity contribution < 1.29 is 9.47 Å². The summed E-state index contributed by atoms with van der Waals surface area (Å²) in [6.45, 7) is 4.95. The van der Waals surface area contributed by atoms with Crippen LogP contribution in [-0.4, -0.2) is 52.9 Å². The molecule has 0 amide bonds. The number of methoxy groups -OCH3 is 2. The Bertz CT molecular complexity index is 503. The summed E-state index contributed by atoms with van der Waals surface area (Å²) in [5.74, 6) is 2.54. The predicted molar refractivity (Wildman–Crippen MR) is 95.0 cm³/mol. The minimum Gasteiger partial charge on any atom is -0.497 e. The monoisotopic (exact) mass is 320 g/mol. The smallest absolute Gasteiger partial charge is 0.191 e. The minimum absolute atomic E-state index is 0.455. The first-order chi connectivity index (χ1) is 11.2. The lowest BCUT2D eigenvalue weighted by Crippen LogP contribution is -2.48. The van der Waals surface area contributed by atoms with Gasteiger partial charge in [0.2, 0.25) is 0 Å². The molecule has 1 heterocycles. The standard InChI is InChI=1S/C17H28N4O2/c1-5-19-17(18-2)20-13-6-8-21(9-7-13)14-10-15(22-3)12-16(11-14)23-4/h10-13H,5-9H2,1-4H3,(H2,18,19,20). The number of anilines is 1. The van der Waals surface area contributed by atoms with E-state index >= 15 is 0 Å². The number of nitrogens with one attached hydrogen (secondary N) is 2. The van der Waals surface area contributed by atoms with Gasteiger partial charge in [0.05, 0.1) is 14.2 Å². The number of nitrogens with zero attached hydrogens (tertiary/aromatic N) is 2. The van der Waals surface area contributed by atoms with Crippen molar-refractivity contribution in [3.8, 4) is 11.5 Å². The van der Waals surface area contributed by atoms with Crippen LogP contribution in [0, 0.1) is 0 Å². The molecule has 0 spiro atoms. The predicted octanol–water partition coefficient (Wildman–Crippen LogP) is 1.86. The lowest BCUT2D eigenvalue weighted by atomic mass is 10.0. The second kappa shape index (κ2) is 8.50. The van der Waals surface area contributed by atoms with Crippen molar-refractivity contribution in [3.05, 3.63) is 18.2 Å². The lowest BCUT2D eigenvalue weighted by molar-refractivity contribution is 0.393. The van der Waals surface area contributed by atoms with Crippen LogP contribution < -0.4 is 25.0 Å². The Balaban J connectivity index is 1.96. The minimum atomic E-state index is 0.455. The molecule has 0 radical (unpaired) electrons. The summed E-state index contributed by atoms with van der Waals surface area (Å²) in [4.78, 5) is 6.62. The van der Waals surface area contributed by atoms with E-state index in [1.54, 1.807) is 14.2 Å². The zero-order valence-corrected chi connectivity index (χ0v) is 14.6. The number of ether oxygens (including phenoxy) is 2. The van der Waals surface area contributed by atoms with Crippen molar-refractivity contribution in [2.75, 3.05) is 45.8 Å². The summed E-state index contributed by atoms with van der Waals surface area (Å²) >= 11 is 0. The number of piperidine rings is 1. The molecule has 0 unspecified atom stereocenters. The van der Waals surface area contributed by atoms with E-state index in [1.165, 1.54) is 0 Å². The maximum Gasteiger partial charge on any atom is 0.191 e. The molecule has 1 aromatic carbocycles. The van der Waals surface area contributed by atoms with E-state index in [-0.39, 0.29) is 0 Å². The van der Waals surface area contributed by atoms with Crippen LogP contribution in [0.15, 0.2) is 23.2 Å². The largest absolute Gasteiger partial charge is 0.497 e. The van der Waals surface area contributed by atoms with Gasteiger partial charge in [-0.3, -0.25) is 4.99 Å². The molecular weight excluding hydrogens is 292 g/mol. The fraction of sp³-hybridized carbons (Fsp3) is 0.588. The highest BCUT2D eigenvalue weighted by molar-refractivity contribution is 5.79. The van der Waals surface area contributed by atoms with Crippen LogP contribution >= 0.6 is 0 Å². The summed E-state index contributed by atoms with van der Waals surface area (Å²) in [7, 11) is 5.17. The first-order valence-corrected chi connectivity index (χ1v) is 8.15. The number of benzene rings is 1. The van der Waals surface area contributed by atoms with Crippen molar-refractivity contribution in [1.29, 1.82) is 0 Å². The number of aliphatic imine (C=N–C) groups is 1. The van der Waals surface area contributed by atoms with Gasteiger partial charge in [0, 0.05) is 56.6 Å². The van der Waals surface area contributed by atoms with Gasteiger partial charge in [0.25, 0.3) is 0 Å². The van der Waals surface area contributed by atoms with Crippen LogP contribution in [0.1, 0.15) is 19.8 Å². The van der Waals surface area contributed by atoms with Gasteiger partial charge in [-0.1, -0.05) is 0 Å². The van der Waals surface area contributed by atoms with Gasteiger partial charge in [-0.25, -0.2) is 0 Å². The SMILES string of the molecule is CCNC(=NC)NC1CCN(c2cc(OC)cc(OC)c2)CC1. The quantitative estimate of drug-likeness (QED) is 0.641. The molecule has 0 bridgehead atoms. The summed E-state index contributed by atoms with van der Waals surface area (Å²) in [5, 5.41) is 6.73. The molecule has 2 N–H and O–H groups in total. The average molecular weight is 320 g/mol. The van der Waals surface area contributed by atoms with Gasteiger partial charge < -0.3 is 25.0 Å². The van der Waals surface area contributed by atoms with Crippen molar-refractivity contribution in [1.82, 2.24) is 10.6 Å². The summed E-state index contributed by atoms with van der Waals surface area (Å²) in [6, 6.07) is 6.48. The van der Waals surface area contributed by atoms with Crippen LogP contribution in [0.25, 0.3) is 0 Å². The molecule has 0 saturated carbocycles. The molecule has 2 rings (SSSR count). The molecule has 0 atom stereocenters. The highest BCUT2D eigenvalue weighted by Gasteiger charge is 2.21. The fourth-order valence-electron chi connectivity index (χ4n) is 2.81. The summed E-state index contributed by atoms with van der Waals surface area (Å²) < 4.78 is 10.7. The Morgan fingerprint density at radius 1 is 1.17 bits per heavy atom. The van der Waals surface area contributed by atoms with E-state index in [0.717, 1.165) is 55.6 Å². The van der Waals surface area contributed by atoms with Gasteiger partial charge in [-0.2, -0.15) is 0 Å². The van der Waals surface area contributed by atoms with E-state index in [1.807, 2.05) is 13.1 Å². The highest BCUT2D eigenvalue weighted by atomic mass is 16.5. The third-order valence-electron chi connectivity index (χ3n) is 4.10. The number of hydrogen-bond donors (Lipinski definition) is 2. The molecule has 0 aromatic heterocycles. The van der Waals surface area contributed by atoms with Gasteiger partial charge in [-0.05, 0) is 19.8 Å². The van der Waals surface area contributed by atoms with Crippen LogP contribution in [-0.2, 0) is 0 Å². The van der Waals surface area contributed by atoms with Crippen molar-refractivity contribution in [2.24, 2.45) is 4.99 Å². The molecular formula is C17H28N4O2. The maximum absolute atomic E-state index is 5.36. The Labute approximate surface area is 138 Å². The molecule has 6 nitrogen and oxygen atoms in total. The molecule has 1 fully saturated rings. The van der Waals surface area contributed by atoms with Gasteiger partial charge in [-0.15, -0.1) is 0 Å². The van der Waals surface area contributed by atoms with E-state index in [0.29, 0.717) is 6.04 Å². The van der Waals surface area contributed by atoms with Crippen LogP contribution in [0.3, 0.4) is 0 Å². The van der Waals surface area contributed by atoms with Gasteiger partial charge >= 0.3 is 0 Å². The normalized spacial score (nSPS) is 16.2. The zero-order chi connectivity index (χ0) is 16.7. The highest BCUT2D eigenvalue weighted by Crippen LogP contribution is 2.30. The van der Waals surface area contributed by atoms with E-state index in [4.69, 9.17) is 9.47 Å². The Morgan fingerprint density at radius 2 is 1.78 bits per heavy atom. The first kappa shape index (κ1) is 17.2. The Kier molecular flexibility index (Phi) is 6.38. The third kappa shape index (κ3) is 4.68. The van der Waals surface area contributed by atoms with Crippen molar-refractivity contribution in [3.63, 3.8) is 0 Å². The van der Waals surface area contributed by atoms with E-state index in [2.05, 4.69) is 39.6 Å². The molecule has 128 valence electrons. The topological polar surface area (TPSA) is 58.1 Å². The van der Waals surface area contributed by atoms with Crippen molar-refractivity contribution in [2.45, 2.75) is 25.8 Å². The lowest BCUT2D eigenvalue weighted by Gasteiger charge is -2.34. The van der Waals surface area contributed by atoms with Crippen LogP contribution in [0.2, 0.25) is 0 Å². The van der Waals surface area contributed by atoms with Gasteiger partial charge in [0.15, 0.2) is 5.96 Å². The molecule has 1 aromatic rings. The average Bonchev–Trinajstić information content (AvgIpc) is 2.61. The number of rotatable bonds is 5. The zero-order valence-electron chi connectivity index (χ0n) is 14.6. The first-order valence-electron chi connectivity index (χ1n) is 8.15. The summed E-state index contributed by atoms with van der Waals surface area (Å²) in [5.41, 5.74) is 1.15. The molecule has 1 aliphatic heterocycles. The van der Waals surface area contributed by atoms with E-state index < -0.39 is 0 Å². The number of guanidine groups is 1. The van der Waals surface area contributed by atoms with E-state index in [9.17, 15) is 0 Å². The Hall–Kier alpha value is -2.11. The number of hydrogen-bond acceptors (Lipinski definition) is 4. The van der Waals surface area contributed by atoms with Gasteiger partial charge in [0.1, 0.15) is 11.5 Å². The molecule has 6 heteroatoms. The third-order valence-corrected chi connectivity index (χ3v) is 4.10. The molecule has 1 saturated heterocycles. The second-order valence-electron chi connectivity index (χ2n) is 5.58.